The fourth-order valence-corrected chi connectivity index (χ4v) is 2.90. The average Bonchev–Trinajstić information content (AvgIpc) is 2.74. The number of methoxy groups -OCH3 is 2. The van der Waals surface area contributed by atoms with Gasteiger partial charge in [-0.15, -0.1) is 12.4 Å². The third-order valence-electron chi connectivity index (χ3n) is 4.68. The first-order valence-electron chi connectivity index (χ1n) is 9.44. The van der Waals surface area contributed by atoms with Crippen LogP contribution in [0.3, 0.4) is 0 Å². The summed E-state index contributed by atoms with van der Waals surface area (Å²) in [6.45, 7) is 2.87. The Bertz CT molecular complexity index is 815. The zero-order chi connectivity index (χ0) is 22.1. The molecule has 9 heteroatoms. The van der Waals surface area contributed by atoms with Crippen LogP contribution >= 0.6 is 12.4 Å². The summed E-state index contributed by atoms with van der Waals surface area (Å²) in [7, 11) is 2.77. The SMILES string of the molecule is COC(=O)COc1ccc(C(C)CNCC(OC)c2cccc(C(F)(F)F)c2)cc1.Cl. The van der Waals surface area contributed by atoms with Crippen molar-refractivity contribution in [1.29, 1.82) is 0 Å². The largest absolute Gasteiger partial charge is 0.482 e. The Morgan fingerprint density at radius 3 is 2.29 bits per heavy atom. The Morgan fingerprint density at radius 1 is 1.03 bits per heavy atom. The van der Waals surface area contributed by atoms with E-state index in [0.717, 1.165) is 17.7 Å². The van der Waals surface area contributed by atoms with Crippen LogP contribution in [0, 0.1) is 0 Å². The second kappa shape index (κ2) is 12.5. The number of halogens is 4. The van der Waals surface area contributed by atoms with Crippen LogP contribution in [0.1, 0.15) is 35.6 Å². The van der Waals surface area contributed by atoms with Gasteiger partial charge in [-0.3, -0.25) is 0 Å². The normalized spacial score (nSPS) is 13.1. The lowest BCUT2D eigenvalue weighted by atomic mass is 10.0. The van der Waals surface area contributed by atoms with Crippen molar-refractivity contribution in [2.24, 2.45) is 0 Å². The molecule has 172 valence electrons. The van der Waals surface area contributed by atoms with Crippen molar-refractivity contribution in [3.05, 3.63) is 65.2 Å². The zero-order valence-electron chi connectivity index (χ0n) is 17.6. The fraction of sp³-hybridized carbons (Fsp3) is 0.409. The first-order valence-corrected chi connectivity index (χ1v) is 9.44. The van der Waals surface area contributed by atoms with Crippen molar-refractivity contribution in [2.75, 3.05) is 33.9 Å². The van der Waals surface area contributed by atoms with E-state index in [0.29, 0.717) is 24.4 Å². The number of hydrogen-bond donors (Lipinski definition) is 1. The number of ether oxygens (including phenoxy) is 3. The highest BCUT2D eigenvalue weighted by molar-refractivity contribution is 5.85. The molecular weight excluding hydrogens is 435 g/mol. The summed E-state index contributed by atoms with van der Waals surface area (Å²) in [6, 6.07) is 12.5. The first-order chi connectivity index (χ1) is 14.2. The number of carbonyl (C=O) groups excluding carboxylic acids is 1. The summed E-state index contributed by atoms with van der Waals surface area (Å²) in [4.78, 5) is 11.1. The predicted molar refractivity (Wildman–Crippen MR) is 114 cm³/mol. The van der Waals surface area contributed by atoms with E-state index in [9.17, 15) is 18.0 Å². The van der Waals surface area contributed by atoms with Gasteiger partial charge in [0.2, 0.25) is 0 Å². The van der Waals surface area contributed by atoms with E-state index in [1.54, 1.807) is 18.2 Å². The van der Waals surface area contributed by atoms with Crippen molar-refractivity contribution in [3.63, 3.8) is 0 Å². The van der Waals surface area contributed by atoms with Gasteiger partial charge in [0, 0.05) is 20.2 Å². The molecule has 0 aromatic heterocycles. The van der Waals surface area contributed by atoms with E-state index in [4.69, 9.17) is 9.47 Å². The molecule has 0 saturated carbocycles. The number of alkyl halides is 3. The molecule has 2 aromatic rings. The molecule has 2 rings (SSSR count). The molecule has 0 aliphatic carbocycles. The molecule has 0 aliphatic heterocycles. The summed E-state index contributed by atoms with van der Waals surface area (Å²) < 4.78 is 54.0. The second-order valence-corrected chi connectivity index (χ2v) is 6.84. The van der Waals surface area contributed by atoms with Gasteiger partial charge in [0.1, 0.15) is 5.75 Å². The molecule has 0 spiro atoms. The number of rotatable bonds is 10. The van der Waals surface area contributed by atoms with Gasteiger partial charge in [0.25, 0.3) is 0 Å². The summed E-state index contributed by atoms with van der Waals surface area (Å²) in [5.74, 6) is 0.261. The zero-order valence-corrected chi connectivity index (χ0v) is 18.4. The highest BCUT2D eigenvalue weighted by Gasteiger charge is 2.31. The highest BCUT2D eigenvalue weighted by atomic mass is 35.5. The lowest BCUT2D eigenvalue weighted by Gasteiger charge is -2.20. The van der Waals surface area contributed by atoms with Gasteiger partial charge in [-0.05, 0) is 41.3 Å². The molecule has 2 atom stereocenters. The Balaban J connectivity index is 0.00000480. The number of benzene rings is 2. The molecule has 0 heterocycles. The van der Waals surface area contributed by atoms with Crippen LogP contribution in [0.4, 0.5) is 13.2 Å². The van der Waals surface area contributed by atoms with E-state index >= 15 is 0 Å². The smallest absolute Gasteiger partial charge is 0.416 e. The topological polar surface area (TPSA) is 56.8 Å². The van der Waals surface area contributed by atoms with Gasteiger partial charge in [0.15, 0.2) is 6.61 Å². The van der Waals surface area contributed by atoms with Gasteiger partial charge in [0.05, 0.1) is 18.8 Å². The maximum Gasteiger partial charge on any atom is 0.416 e. The maximum atomic E-state index is 12.9. The van der Waals surface area contributed by atoms with E-state index in [1.165, 1.54) is 20.3 Å². The van der Waals surface area contributed by atoms with Gasteiger partial charge in [-0.2, -0.15) is 13.2 Å². The molecular formula is C22H27ClF3NO4. The van der Waals surface area contributed by atoms with Crippen LogP contribution < -0.4 is 10.1 Å². The highest BCUT2D eigenvalue weighted by Crippen LogP contribution is 2.31. The number of nitrogens with one attached hydrogen (secondary N) is 1. The third kappa shape index (κ3) is 8.40. The van der Waals surface area contributed by atoms with Crippen molar-refractivity contribution in [1.82, 2.24) is 5.32 Å². The van der Waals surface area contributed by atoms with Crippen molar-refractivity contribution in [2.45, 2.75) is 25.1 Å². The summed E-state index contributed by atoms with van der Waals surface area (Å²) in [5.41, 5.74) is 0.838. The maximum absolute atomic E-state index is 12.9. The predicted octanol–water partition coefficient (Wildman–Crippen LogP) is 4.76. The molecule has 0 amide bonds. The Kier molecular flexibility index (Phi) is 10.8. The van der Waals surface area contributed by atoms with E-state index in [1.807, 2.05) is 19.1 Å². The minimum absolute atomic E-state index is 0. The molecule has 0 aliphatic rings. The molecule has 1 N–H and O–H groups in total. The van der Waals surface area contributed by atoms with Crippen LogP contribution in [-0.4, -0.2) is 39.9 Å². The molecule has 0 saturated heterocycles. The number of esters is 1. The van der Waals surface area contributed by atoms with E-state index in [-0.39, 0.29) is 24.9 Å². The van der Waals surface area contributed by atoms with Crippen molar-refractivity contribution >= 4 is 18.4 Å². The first kappa shape index (κ1) is 26.7. The van der Waals surface area contributed by atoms with Crippen LogP contribution in [0.2, 0.25) is 0 Å². The van der Waals surface area contributed by atoms with E-state index in [2.05, 4.69) is 10.1 Å². The summed E-state index contributed by atoms with van der Waals surface area (Å²) >= 11 is 0. The van der Waals surface area contributed by atoms with Crippen LogP contribution in [0.25, 0.3) is 0 Å². The second-order valence-electron chi connectivity index (χ2n) is 6.84. The molecule has 31 heavy (non-hydrogen) atoms. The van der Waals surface area contributed by atoms with Gasteiger partial charge in [-0.1, -0.05) is 31.2 Å². The van der Waals surface area contributed by atoms with Crippen LogP contribution in [0.15, 0.2) is 48.5 Å². The van der Waals surface area contributed by atoms with Crippen molar-refractivity contribution < 1.29 is 32.2 Å². The molecule has 0 fully saturated rings. The lowest BCUT2D eigenvalue weighted by molar-refractivity contribution is -0.143. The Hall–Kier alpha value is -2.29. The minimum Gasteiger partial charge on any atom is -0.482 e. The van der Waals surface area contributed by atoms with Gasteiger partial charge >= 0.3 is 12.1 Å². The molecule has 0 bridgehead atoms. The number of hydrogen-bond acceptors (Lipinski definition) is 5. The fourth-order valence-electron chi connectivity index (χ4n) is 2.90. The third-order valence-corrected chi connectivity index (χ3v) is 4.68. The average molecular weight is 462 g/mol. The Morgan fingerprint density at radius 2 is 1.71 bits per heavy atom. The molecule has 2 unspecified atom stereocenters. The van der Waals surface area contributed by atoms with Crippen molar-refractivity contribution in [3.8, 4) is 5.75 Å². The quantitative estimate of drug-likeness (QED) is 0.517. The molecule has 0 radical (unpaired) electrons. The lowest BCUT2D eigenvalue weighted by Crippen LogP contribution is -2.26. The monoisotopic (exact) mass is 461 g/mol. The van der Waals surface area contributed by atoms with Crippen LogP contribution in [0.5, 0.6) is 5.75 Å². The standard InChI is InChI=1S/C22H26F3NO4.ClH/c1-15(16-7-9-19(10-8-16)30-14-21(27)29-3)12-26-13-20(28-2)17-5-4-6-18(11-17)22(23,24)25;/h4-11,15,20,26H,12-14H2,1-3H3;1H. The van der Waals surface area contributed by atoms with Crippen LogP contribution in [-0.2, 0) is 20.4 Å². The summed E-state index contributed by atoms with van der Waals surface area (Å²) in [6.07, 6.45) is -4.88. The van der Waals surface area contributed by atoms with Gasteiger partial charge < -0.3 is 19.5 Å². The Labute approximate surface area is 186 Å². The molecule has 5 nitrogen and oxygen atoms in total. The summed E-state index contributed by atoms with van der Waals surface area (Å²) in [5, 5.41) is 3.25. The minimum atomic E-state index is -4.39. The number of carbonyl (C=O) groups is 1. The molecule has 2 aromatic carbocycles. The van der Waals surface area contributed by atoms with Gasteiger partial charge in [-0.25, -0.2) is 4.79 Å². The van der Waals surface area contributed by atoms with E-state index < -0.39 is 23.8 Å².